The van der Waals surface area contributed by atoms with Gasteiger partial charge >= 0.3 is 0 Å². The highest BCUT2D eigenvalue weighted by Gasteiger charge is 2.31. The van der Waals surface area contributed by atoms with Gasteiger partial charge in [-0.2, -0.15) is 0 Å². The number of anilines is 1. The Balaban J connectivity index is 1.63. The van der Waals surface area contributed by atoms with E-state index in [-0.39, 0.29) is 0 Å². The maximum atomic E-state index is 2.53. The average molecular weight is 272 g/mol. The fourth-order valence-electron chi connectivity index (χ4n) is 3.95. The van der Waals surface area contributed by atoms with Gasteiger partial charge in [0.25, 0.3) is 0 Å². The molecule has 1 aromatic carbocycles. The maximum absolute atomic E-state index is 2.53. The van der Waals surface area contributed by atoms with E-state index in [0.717, 1.165) is 11.8 Å². The molecule has 110 valence electrons. The van der Waals surface area contributed by atoms with Crippen LogP contribution < -0.4 is 4.90 Å². The normalized spacial score (nSPS) is 26.1. The van der Waals surface area contributed by atoms with E-state index >= 15 is 0 Å². The van der Waals surface area contributed by atoms with Crippen molar-refractivity contribution in [3.05, 3.63) is 29.3 Å². The SMILES string of the molecule is Cc1cc(N2CCCC2)ccc1C1CC(CN(C)C)C1. The van der Waals surface area contributed by atoms with Crippen molar-refractivity contribution >= 4 is 5.69 Å². The summed E-state index contributed by atoms with van der Waals surface area (Å²) < 4.78 is 0. The molecule has 2 nitrogen and oxygen atoms in total. The smallest absolute Gasteiger partial charge is 0.0369 e. The van der Waals surface area contributed by atoms with Gasteiger partial charge in [0.05, 0.1) is 0 Å². The van der Waals surface area contributed by atoms with Crippen LogP contribution in [0.15, 0.2) is 18.2 Å². The maximum Gasteiger partial charge on any atom is 0.0369 e. The molecule has 0 radical (unpaired) electrons. The first-order valence-corrected chi connectivity index (χ1v) is 8.13. The predicted octanol–water partition coefficient (Wildman–Crippen LogP) is 3.65. The Morgan fingerprint density at radius 1 is 1.15 bits per heavy atom. The molecular weight excluding hydrogens is 244 g/mol. The summed E-state index contributed by atoms with van der Waals surface area (Å²) in [4.78, 5) is 4.86. The van der Waals surface area contributed by atoms with Crippen molar-refractivity contribution in [3.8, 4) is 0 Å². The monoisotopic (exact) mass is 272 g/mol. The topological polar surface area (TPSA) is 6.48 Å². The molecule has 1 heterocycles. The van der Waals surface area contributed by atoms with E-state index in [0.29, 0.717) is 0 Å². The van der Waals surface area contributed by atoms with Crippen molar-refractivity contribution < 1.29 is 0 Å². The van der Waals surface area contributed by atoms with Gasteiger partial charge < -0.3 is 9.80 Å². The summed E-state index contributed by atoms with van der Waals surface area (Å²) in [6.07, 6.45) is 5.47. The highest BCUT2D eigenvalue weighted by molar-refractivity contribution is 5.52. The van der Waals surface area contributed by atoms with Crippen LogP contribution in [0.4, 0.5) is 5.69 Å². The third kappa shape index (κ3) is 2.85. The van der Waals surface area contributed by atoms with Gasteiger partial charge in [0.15, 0.2) is 0 Å². The predicted molar refractivity (Wildman–Crippen MR) is 86.6 cm³/mol. The summed E-state index contributed by atoms with van der Waals surface area (Å²) >= 11 is 0. The standard InChI is InChI=1S/C18H28N2/c1-14-10-17(20-8-4-5-9-20)6-7-18(14)16-11-15(12-16)13-19(2)3/h6-7,10,15-16H,4-5,8-9,11-13H2,1-3H3. The van der Waals surface area contributed by atoms with Crippen LogP contribution in [0.5, 0.6) is 0 Å². The van der Waals surface area contributed by atoms with E-state index in [1.165, 1.54) is 56.6 Å². The molecule has 0 aromatic heterocycles. The lowest BCUT2D eigenvalue weighted by Gasteiger charge is -2.38. The van der Waals surface area contributed by atoms with Crippen LogP contribution in [0, 0.1) is 12.8 Å². The fourth-order valence-corrected chi connectivity index (χ4v) is 3.95. The van der Waals surface area contributed by atoms with E-state index in [2.05, 4.69) is 49.0 Å². The lowest BCUT2D eigenvalue weighted by atomic mass is 9.70. The van der Waals surface area contributed by atoms with Crippen LogP contribution >= 0.6 is 0 Å². The Morgan fingerprint density at radius 2 is 1.85 bits per heavy atom. The van der Waals surface area contributed by atoms with Gasteiger partial charge in [-0.1, -0.05) is 6.07 Å². The molecule has 0 unspecified atom stereocenters. The van der Waals surface area contributed by atoms with Gasteiger partial charge in [0, 0.05) is 25.3 Å². The minimum absolute atomic E-state index is 0.813. The Bertz CT molecular complexity index is 454. The summed E-state index contributed by atoms with van der Waals surface area (Å²) in [6.45, 7) is 6.04. The second-order valence-corrected chi connectivity index (χ2v) is 7.03. The summed E-state index contributed by atoms with van der Waals surface area (Å²) in [5.74, 6) is 1.72. The first-order chi connectivity index (χ1) is 9.63. The lowest BCUT2D eigenvalue weighted by Crippen LogP contribution is -2.31. The summed E-state index contributed by atoms with van der Waals surface area (Å²) in [5, 5.41) is 0. The van der Waals surface area contributed by atoms with Crippen LogP contribution in [0.1, 0.15) is 42.7 Å². The second-order valence-electron chi connectivity index (χ2n) is 7.03. The molecule has 2 fully saturated rings. The van der Waals surface area contributed by atoms with Crippen LogP contribution in [0.2, 0.25) is 0 Å². The van der Waals surface area contributed by atoms with Crippen LogP contribution in [0.25, 0.3) is 0 Å². The summed E-state index contributed by atoms with van der Waals surface area (Å²) in [7, 11) is 4.37. The third-order valence-corrected chi connectivity index (χ3v) is 5.02. The van der Waals surface area contributed by atoms with E-state index < -0.39 is 0 Å². The second kappa shape index (κ2) is 5.77. The van der Waals surface area contributed by atoms with Crippen molar-refractivity contribution in [2.75, 3.05) is 38.6 Å². The third-order valence-electron chi connectivity index (χ3n) is 5.02. The molecule has 20 heavy (non-hydrogen) atoms. The number of nitrogens with zero attached hydrogens (tertiary/aromatic N) is 2. The molecule has 0 atom stereocenters. The quantitative estimate of drug-likeness (QED) is 0.825. The molecular formula is C18H28N2. The minimum atomic E-state index is 0.813. The molecule has 1 saturated carbocycles. The summed E-state index contributed by atoms with van der Waals surface area (Å²) in [6, 6.07) is 7.17. The van der Waals surface area contributed by atoms with Gasteiger partial charge in [-0.15, -0.1) is 0 Å². The highest BCUT2D eigenvalue weighted by Crippen LogP contribution is 2.43. The molecule has 3 rings (SSSR count). The zero-order chi connectivity index (χ0) is 14.1. The molecule has 0 N–H and O–H groups in total. The van der Waals surface area contributed by atoms with Crippen molar-refractivity contribution in [1.82, 2.24) is 4.90 Å². The lowest BCUT2D eigenvalue weighted by molar-refractivity contribution is 0.199. The molecule has 0 spiro atoms. The number of rotatable bonds is 4. The van der Waals surface area contributed by atoms with Crippen LogP contribution in [-0.4, -0.2) is 38.6 Å². The molecule has 2 aliphatic rings. The van der Waals surface area contributed by atoms with Gasteiger partial charge in [-0.25, -0.2) is 0 Å². The molecule has 1 aliphatic heterocycles. The zero-order valence-corrected chi connectivity index (χ0v) is 13.2. The Hall–Kier alpha value is -1.02. The van der Waals surface area contributed by atoms with E-state index in [4.69, 9.17) is 0 Å². The Kier molecular flexibility index (Phi) is 4.02. The molecule has 1 aliphatic carbocycles. The molecule has 0 amide bonds. The van der Waals surface area contributed by atoms with Gasteiger partial charge in [0.1, 0.15) is 0 Å². The van der Waals surface area contributed by atoms with Crippen LogP contribution in [-0.2, 0) is 0 Å². The van der Waals surface area contributed by atoms with Gasteiger partial charge in [0.2, 0.25) is 0 Å². The van der Waals surface area contributed by atoms with Crippen molar-refractivity contribution in [2.24, 2.45) is 5.92 Å². The number of benzene rings is 1. The largest absolute Gasteiger partial charge is 0.372 e. The molecule has 0 bridgehead atoms. The first-order valence-electron chi connectivity index (χ1n) is 8.13. The minimum Gasteiger partial charge on any atom is -0.372 e. The van der Waals surface area contributed by atoms with Crippen molar-refractivity contribution in [1.29, 1.82) is 0 Å². The zero-order valence-electron chi connectivity index (χ0n) is 13.2. The molecule has 1 saturated heterocycles. The van der Waals surface area contributed by atoms with Gasteiger partial charge in [-0.3, -0.25) is 0 Å². The van der Waals surface area contributed by atoms with E-state index in [1.54, 1.807) is 5.56 Å². The Morgan fingerprint density at radius 3 is 2.45 bits per heavy atom. The van der Waals surface area contributed by atoms with Crippen molar-refractivity contribution in [3.63, 3.8) is 0 Å². The first kappa shape index (κ1) is 13.9. The van der Waals surface area contributed by atoms with E-state index in [1.807, 2.05) is 0 Å². The number of aryl methyl sites for hydroxylation is 1. The van der Waals surface area contributed by atoms with E-state index in [9.17, 15) is 0 Å². The fraction of sp³-hybridized carbons (Fsp3) is 0.667. The number of hydrogen-bond donors (Lipinski definition) is 0. The van der Waals surface area contributed by atoms with Crippen molar-refractivity contribution in [2.45, 2.75) is 38.5 Å². The average Bonchev–Trinajstić information content (AvgIpc) is 2.87. The molecule has 1 aromatic rings. The van der Waals surface area contributed by atoms with Crippen LogP contribution in [0.3, 0.4) is 0 Å². The Labute approximate surface area is 123 Å². The number of hydrogen-bond acceptors (Lipinski definition) is 2. The molecule has 2 heteroatoms. The van der Waals surface area contributed by atoms with Gasteiger partial charge in [-0.05, 0) is 81.8 Å². The summed E-state index contributed by atoms with van der Waals surface area (Å²) in [5.41, 5.74) is 4.54. The highest BCUT2D eigenvalue weighted by atomic mass is 15.1.